The number of fused-ring (bicyclic) bond motifs is 1. The number of hydrogen-bond acceptors (Lipinski definition) is 9. The lowest BCUT2D eigenvalue weighted by molar-refractivity contribution is -0.142. The number of esters is 1. The molecular formula is C23H26N3O9P. The minimum Gasteiger partial charge on any atom is -0.468 e. The maximum Gasteiger partial charge on any atom is 0.459 e. The third-order valence-corrected chi connectivity index (χ3v) is 7.07. The van der Waals surface area contributed by atoms with Gasteiger partial charge in [0.05, 0.1) is 13.7 Å². The summed E-state index contributed by atoms with van der Waals surface area (Å²) in [6.07, 6.45) is -0.470. The molecule has 0 bridgehead atoms. The molecule has 2 N–H and O–H groups in total. The smallest absolute Gasteiger partial charge is 0.459 e. The summed E-state index contributed by atoms with van der Waals surface area (Å²) in [6, 6.07) is 11.6. The van der Waals surface area contributed by atoms with Crippen molar-refractivity contribution in [1.82, 2.24) is 14.6 Å². The molecule has 1 unspecified atom stereocenters. The first-order valence-corrected chi connectivity index (χ1v) is 12.6. The van der Waals surface area contributed by atoms with E-state index in [-0.39, 0.29) is 19.0 Å². The normalized spacial score (nSPS) is 20.1. The van der Waals surface area contributed by atoms with Crippen molar-refractivity contribution < 1.29 is 32.6 Å². The predicted octanol–water partition coefficient (Wildman–Crippen LogP) is 2.22. The summed E-state index contributed by atoms with van der Waals surface area (Å²) in [5.41, 5.74) is -0.821. The second-order valence-electron chi connectivity index (χ2n) is 8.07. The quantitative estimate of drug-likeness (QED) is 0.319. The van der Waals surface area contributed by atoms with Gasteiger partial charge in [0.2, 0.25) is 0 Å². The van der Waals surface area contributed by atoms with Crippen LogP contribution in [0.1, 0.15) is 18.7 Å². The van der Waals surface area contributed by atoms with Gasteiger partial charge in [0, 0.05) is 17.1 Å². The molecule has 12 nitrogen and oxygen atoms in total. The van der Waals surface area contributed by atoms with Gasteiger partial charge in [0.1, 0.15) is 18.4 Å². The van der Waals surface area contributed by atoms with Crippen LogP contribution < -0.4 is 20.9 Å². The van der Waals surface area contributed by atoms with Crippen molar-refractivity contribution in [3.63, 3.8) is 0 Å². The number of nitrogens with one attached hydrogen (secondary N) is 2. The third-order valence-electron chi connectivity index (χ3n) is 5.44. The Balaban J connectivity index is 1.51. The average Bonchev–Trinajstić information content (AvgIpc) is 3.33. The Kier molecular flexibility index (Phi) is 7.72. The van der Waals surface area contributed by atoms with E-state index in [2.05, 4.69) is 10.1 Å². The molecule has 4 atom stereocenters. The van der Waals surface area contributed by atoms with Crippen molar-refractivity contribution in [1.29, 1.82) is 0 Å². The molecule has 36 heavy (non-hydrogen) atoms. The topological polar surface area (TPSA) is 147 Å². The molecule has 1 saturated heterocycles. The Bertz CT molecular complexity index is 1410. The molecule has 0 spiro atoms. The van der Waals surface area contributed by atoms with Crippen LogP contribution >= 0.6 is 7.75 Å². The van der Waals surface area contributed by atoms with Gasteiger partial charge in [-0.1, -0.05) is 36.4 Å². The molecule has 1 aromatic heterocycles. The molecule has 3 aromatic rings. The number of aromatic nitrogens is 2. The second-order valence-corrected chi connectivity index (χ2v) is 9.76. The molecule has 2 aromatic carbocycles. The first kappa shape index (κ1) is 25.8. The summed E-state index contributed by atoms with van der Waals surface area (Å²) in [5, 5.41) is 4.13. The van der Waals surface area contributed by atoms with Gasteiger partial charge in [-0.3, -0.25) is 23.7 Å². The van der Waals surface area contributed by atoms with Gasteiger partial charge in [0.15, 0.2) is 12.5 Å². The minimum absolute atomic E-state index is 0.0140. The second kappa shape index (κ2) is 10.8. The number of hydrogen-bond donors (Lipinski definition) is 2. The van der Waals surface area contributed by atoms with E-state index in [9.17, 15) is 18.9 Å². The van der Waals surface area contributed by atoms with Gasteiger partial charge in [-0.05, 0) is 25.3 Å². The molecule has 0 radical (unpaired) electrons. The fourth-order valence-electron chi connectivity index (χ4n) is 3.60. The fourth-order valence-corrected chi connectivity index (χ4v) is 5.09. The van der Waals surface area contributed by atoms with Crippen LogP contribution in [0.25, 0.3) is 10.8 Å². The Labute approximate surface area is 205 Å². The molecule has 13 heteroatoms. The maximum absolute atomic E-state index is 13.7. The van der Waals surface area contributed by atoms with Crippen LogP contribution in [-0.4, -0.2) is 48.2 Å². The summed E-state index contributed by atoms with van der Waals surface area (Å²) in [4.78, 5) is 38.0. The number of carbonyl (C=O) groups is 1. The van der Waals surface area contributed by atoms with Gasteiger partial charge >= 0.3 is 19.4 Å². The average molecular weight is 519 g/mol. The van der Waals surface area contributed by atoms with Crippen molar-refractivity contribution in [2.45, 2.75) is 32.4 Å². The van der Waals surface area contributed by atoms with Crippen LogP contribution in [-0.2, 0) is 28.1 Å². The molecular weight excluding hydrogens is 493 g/mol. The van der Waals surface area contributed by atoms with E-state index in [0.717, 1.165) is 5.39 Å². The molecule has 0 amide bonds. The van der Waals surface area contributed by atoms with E-state index >= 15 is 0 Å². The number of benzene rings is 2. The van der Waals surface area contributed by atoms with E-state index < -0.39 is 43.5 Å². The first-order chi connectivity index (χ1) is 17.2. The number of methoxy groups -OCH3 is 1. The molecule has 2 heterocycles. The van der Waals surface area contributed by atoms with Crippen LogP contribution in [0.15, 0.2) is 58.3 Å². The molecule has 192 valence electrons. The van der Waals surface area contributed by atoms with Gasteiger partial charge in [-0.25, -0.2) is 9.36 Å². The summed E-state index contributed by atoms with van der Waals surface area (Å²) < 4.78 is 42.3. The zero-order valence-corrected chi connectivity index (χ0v) is 20.7. The lowest BCUT2D eigenvalue weighted by Crippen LogP contribution is -2.35. The van der Waals surface area contributed by atoms with E-state index in [1.165, 1.54) is 24.8 Å². The fraction of sp³-hybridized carbons (Fsp3) is 0.348. The Hall–Kier alpha value is -3.28. The number of aryl methyl sites for hydroxylation is 1. The number of rotatable bonds is 9. The number of aromatic amines is 1. The standard InChI is InChI=1S/C23H26N3O9P/c1-14-11-26(23(29)24-21(14)27)19-12-32-20(34-19)13-33-36(30,25-15(2)22(28)31-3)35-18-10-6-8-16-7-4-5-9-17(16)18/h4-11,15,19-20H,12-13H2,1-3H3,(H,25,30)(H,24,27,29)/t15-,19+,20+,36?/m0/s1. The maximum atomic E-state index is 13.7. The monoisotopic (exact) mass is 519 g/mol. The number of ether oxygens (including phenoxy) is 3. The zero-order valence-electron chi connectivity index (χ0n) is 19.8. The number of H-pyrrole nitrogens is 1. The highest BCUT2D eigenvalue weighted by Gasteiger charge is 2.36. The predicted molar refractivity (Wildman–Crippen MR) is 129 cm³/mol. The highest BCUT2D eigenvalue weighted by atomic mass is 31.2. The van der Waals surface area contributed by atoms with Crippen LogP contribution in [0, 0.1) is 6.92 Å². The van der Waals surface area contributed by atoms with Crippen molar-refractivity contribution in [2.75, 3.05) is 20.3 Å². The van der Waals surface area contributed by atoms with Gasteiger partial charge in [0.25, 0.3) is 5.56 Å². The summed E-state index contributed by atoms with van der Waals surface area (Å²) >= 11 is 0. The van der Waals surface area contributed by atoms with E-state index in [4.69, 9.17) is 23.3 Å². The van der Waals surface area contributed by atoms with Crippen molar-refractivity contribution in [3.8, 4) is 5.75 Å². The SMILES string of the molecule is COC(=O)[C@H](C)NP(=O)(OC[C@@H]1OC[C@H](n2cc(C)c(=O)[nH]c2=O)O1)Oc1cccc2ccccc12. The molecule has 1 aliphatic rings. The Morgan fingerprint density at radius 1 is 1.25 bits per heavy atom. The molecule has 0 aliphatic carbocycles. The molecule has 0 saturated carbocycles. The zero-order chi connectivity index (χ0) is 25.9. The highest BCUT2D eigenvalue weighted by molar-refractivity contribution is 7.52. The van der Waals surface area contributed by atoms with Crippen molar-refractivity contribution in [2.24, 2.45) is 0 Å². The largest absolute Gasteiger partial charge is 0.468 e. The third kappa shape index (κ3) is 5.75. The molecule has 4 rings (SSSR count). The summed E-state index contributed by atoms with van der Waals surface area (Å²) in [5.74, 6) is -0.385. The van der Waals surface area contributed by atoms with Crippen LogP contribution in [0.4, 0.5) is 0 Å². The van der Waals surface area contributed by atoms with E-state index in [0.29, 0.717) is 10.9 Å². The van der Waals surface area contributed by atoms with Crippen LogP contribution in [0.3, 0.4) is 0 Å². The van der Waals surface area contributed by atoms with Gasteiger partial charge < -0.3 is 18.7 Å². The first-order valence-electron chi connectivity index (χ1n) is 11.1. The van der Waals surface area contributed by atoms with E-state index in [1.807, 2.05) is 24.3 Å². The molecule has 1 fully saturated rings. The van der Waals surface area contributed by atoms with Crippen molar-refractivity contribution >= 4 is 24.5 Å². The Morgan fingerprint density at radius 2 is 2.00 bits per heavy atom. The van der Waals surface area contributed by atoms with Gasteiger partial charge in [-0.2, -0.15) is 5.09 Å². The molecule has 1 aliphatic heterocycles. The Morgan fingerprint density at radius 3 is 2.78 bits per heavy atom. The van der Waals surface area contributed by atoms with Gasteiger partial charge in [-0.15, -0.1) is 0 Å². The number of carbonyl (C=O) groups excluding carboxylic acids is 1. The summed E-state index contributed by atoms with van der Waals surface area (Å²) in [6.45, 7) is 2.65. The minimum atomic E-state index is -4.16. The highest BCUT2D eigenvalue weighted by Crippen LogP contribution is 2.47. The van der Waals surface area contributed by atoms with E-state index in [1.54, 1.807) is 25.1 Å². The number of nitrogens with zero attached hydrogens (tertiary/aromatic N) is 1. The lowest BCUT2D eigenvalue weighted by atomic mass is 10.1. The summed E-state index contributed by atoms with van der Waals surface area (Å²) in [7, 11) is -2.96. The van der Waals surface area contributed by atoms with Crippen LogP contribution in [0.5, 0.6) is 5.75 Å². The lowest BCUT2D eigenvalue weighted by Gasteiger charge is -2.24. The van der Waals surface area contributed by atoms with Crippen LogP contribution in [0.2, 0.25) is 0 Å². The van der Waals surface area contributed by atoms with Crippen molar-refractivity contribution in [3.05, 3.63) is 75.1 Å².